The molecule has 1 N–H and O–H groups in total. The van der Waals surface area contributed by atoms with Gasteiger partial charge in [-0.1, -0.05) is 12.1 Å². The number of hydrogen-bond donors (Lipinski definition) is 1. The van der Waals surface area contributed by atoms with Gasteiger partial charge < -0.3 is 19.5 Å². The van der Waals surface area contributed by atoms with Crippen LogP contribution in [0.4, 0.5) is 5.69 Å². The van der Waals surface area contributed by atoms with E-state index in [1.165, 1.54) is 38.4 Å². The molecule has 0 aliphatic heterocycles. The Morgan fingerprint density at radius 1 is 1.00 bits per heavy atom. The van der Waals surface area contributed by atoms with Gasteiger partial charge in [-0.2, -0.15) is 0 Å². The van der Waals surface area contributed by atoms with Gasteiger partial charge in [0, 0.05) is 26.3 Å². The van der Waals surface area contributed by atoms with Crippen molar-refractivity contribution in [3.05, 3.63) is 54.1 Å². The average molecular weight is 423 g/mol. The van der Waals surface area contributed by atoms with Crippen LogP contribution in [0, 0.1) is 0 Å². The molecule has 0 heterocycles. The van der Waals surface area contributed by atoms with Crippen molar-refractivity contribution in [3.8, 4) is 5.75 Å². The highest BCUT2D eigenvalue weighted by Crippen LogP contribution is 2.30. The Labute approximate surface area is 171 Å². The predicted molar refractivity (Wildman–Crippen MR) is 110 cm³/mol. The number of nitrogens with one attached hydrogen (secondary N) is 1. The Morgan fingerprint density at radius 3 is 2.34 bits per heavy atom. The predicted octanol–water partition coefficient (Wildman–Crippen LogP) is 1.91. The van der Waals surface area contributed by atoms with Crippen molar-refractivity contribution in [3.63, 3.8) is 0 Å². The number of sulfonamides is 1. The number of methoxy groups -OCH3 is 2. The van der Waals surface area contributed by atoms with Crippen LogP contribution in [0.3, 0.4) is 0 Å². The molecule has 29 heavy (non-hydrogen) atoms. The van der Waals surface area contributed by atoms with Crippen LogP contribution in [0.15, 0.2) is 53.4 Å². The highest BCUT2D eigenvalue weighted by molar-refractivity contribution is 7.92. The van der Waals surface area contributed by atoms with Gasteiger partial charge in [-0.25, -0.2) is 8.42 Å². The van der Waals surface area contributed by atoms with E-state index in [9.17, 15) is 13.2 Å². The summed E-state index contributed by atoms with van der Waals surface area (Å²) < 4.78 is 42.4. The van der Waals surface area contributed by atoms with Gasteiger partial charge in [0.1, 0.15) is 5.75 Å². The van der Waals surface area contributed by atoms with E-state index in [2.05, 4.69) is 5.32 Å². The zero-order valence-electron chi connectivity index (χ0n) is 16.8. The summed E-state index contributed by atoms with van der Waals surface area (Å²) in [5, 5.41) is 2.72. The number of anilines is 1. The first kappa shape index (κ1) is 22.7. The van der Waals surface area contributed by atoms with Crippen LogP contribution in [0.5, 0.6) is 5.75 Å². The minimum absolute atomic E-state index is 0.0744. The largest absolute Gasteiger partial charge is 0.495 e. The first-order valence-corrected chi connectivity index (χ1v) is 10.4. The maximum Gasteiger partial charge on any atom is 0.264 e. The summed E-state index contributed by atoms with van der Waals surface area (Å²) in [5.41, 5.74) is 0.783. The summed E-state index contributed by atoms with van der Waals surface area (Å²) in [4.78, 5) is 12.2. The Morgan fingerprint density at radius 2 is 1.69 bits per heavy atom. The maximum absolute atomic E-state index is 12.9. The quantitative estimate of drug-likeness (QED) is 0.556. The van der Waals surface area contributed by atoms with Crippen molar-refractivity contribution in [1.29, 1.82) is 0 Å². The van der Waals surface area contributed by atoms with E-state index in [0.29, 0.717) is 43.4 Å². The molecule has 9 heteroatoms. The van der Waals surface area contributed by atoms with Crippen molar-refractivity contribution in [2.24, 2.45) is 0 Å². The molecule has 8 nitrogen and oxygen atoms in total. The summed E-state index contributed by atoms with van der Waals surface area (Å²) in [6.07, 6.45) is 0. The van der Waals surface area contributed by atoms with Crippen LogP contribution in [0.2, 0.25) is 0 Å². The monoisotopic (exact) mass is 422 g/mol. The lowest BCUT2D eigenvalue weighted by Gasteiger charge is -2.21. The Bertz CT molecular complexity index is 899. The fourth-order valence-electron chi connectivity index (χ4n) is 2.54. The molecule has 0 aromatic heterocycles. The number of benzene rings is 2. The zero-order chi connectivity index (χ0) is 21.3. The average Bonchev–Trinajstić information content (AvgIpc) is 2.75. The summed E-state index contributed by atoms with van der Waals surface area (Å²) in [7, 11) is 0.717. The van der Waals surface area contributed by atoms with E-state index < -0.39 is 10.0 Å². The number of ether oxygens (including phenoxy) is 3. The van der Waals surface area contributed by atoms with E-state index in [1.54, 1.807) is 31.4 Å². The van der Waals surface area contributed by atoms with Gasteiger partial charge in [-0.15, -0.1) is 0 Å². The summed E-state index contributed by atoms with van der Waals surface area (Å²) >= 11 is 0. The molecule has 0 unspecified atom stereocenters. The first-order valence-electron chi connectivity index (χ1n) is 8.98. The number of amides is 1. The van der Waals surface area contributed by atoms with Crippen molar-refractivity contribution >= 4 is 21.6 Å². The lowest BCUT2D eigenvalue weighted by molar-refractivity contribution is 0.0692. The molecule has 0 saturated carbocycles. The second-order valence-electron chi connectivity index (χ2n) is 6.03. The van der Waals surface area contributed by atoms with Gasteiger partial charge in [-0.05, 0) is 36.4 Å². The van der Waals surface area contributed by atoms with Gasteiger partial charge >= 0.3 is 0 Å². The van der Waals surface area contributed by atoms with Crippen LogP contribution in [-0.4, -0.2) is 62.0 Å². The molecule has 0 fully saturated rings. The maximum atomic E-state index is 12.9. The van der Waals surface area contributed by atoms with E-state index in [0.717, 1.165) is 4.31 Å². The molecule has 2 aromatic carbocycles. The van der Waals surface area contributed by atoms with Crippen LogP contribution in [0.25, 0.3) is 0 Å². The lowest BCUT2D eigenvalue weighted by Crippen LogP contribution is -2.28. The minimum atomic E-state index is -3.81. The van der Waals surface area contributed by atoms with Crippen LogP contribution in [-0.2, 0) is 19.5 Å². The van der Waals surface area contributed by atoms with Crippen molar-refractivity contribution in [1.82, 2.24) is 5.32 Å². The van der Waals surface area contributed by atoms with Gasteiger partial charge in [-0.3, -0.25) is 9.10 Å². The number of para-hydroxylation sites is 2. The van der Waals surface area contributed by atoms with Gasteiger partial charge in [0.2, 0.25) is 0 Å². The third kappa shape index (κ3) is 5.93. The van der Waals surface area contributed by atoms with Gasteiger partial charge in [0.05, 0.1) is 37.5 Å². The molecule has 2 rings (SSSR count). The highest BCUT2D eigenvalue weighted by atomic mass is 32.2. The summed E-state index contributed by atoms with van der Waals surface area (Å²) in [6.45, 7) is 1.66. The third-order valence-electron chi connectivity index (χ3n) is 4.16. The molecule has 0 bridgehead atoms. The molecule has 0 spiro atoms. The fraction of sp³-hybridized carbons (Fsp3) is 0.350. The van der Waals surface area contributed by atoms with Crippen molar-refractivity contribution < 1.29 is 27.4 Å². The molecule has 0 saturated heterocycles. The van der Waals surface area contributed by atoms with E-state index in [-0.39, 0.29) is 10.8 Å². The third-order valence-corrected chi connectivity index (χ3v) is 5.95. The van der Waals surface area contributed by atoms with E-state index >= 15 is 0 Å². The highest BCUT2D eigenvalue weighted by Gasteiger charge is 2.23. The fourth-order valence-corrected chi connectivity index (χ4v) is 3.74. The smallest absolute Gasteiger partial charge is 0.264 e. The molecule has 1 amide bonds. The van der Waals surface area contributed by atoms with E-state index in [4.69, 9.17) is 14.2 Å². The Hall–Kier alpha value is -2.62. The van der Waals surface area contributed by atoms with Gasteiger partial charge in [0.25, 0.3) is 15.9 Å². The standard InChI is InChI=1S/C20H26N2O6S/c1-22(18-6-4-5-7-19(18)27-3)29(24,25)17-10-8-16(9-11-17)20(23)21-12-13-28-15-14-26-2/h4-11H,12-15H2,1-3H3,(H,21,23). The normalized spacial score (nSPS) is 11.1. The molecule has 2 aromatic rings. The SMILES string of the molecule is COCCOCCNC(=O)c1ccc(S(=O)(=O)N(C)c2ccccc2OC)cc1. The van der Waals surface area contributed by atoms with E-state index in [1.807, 2.05) is 0 Å². The Kier molecular flexibility index (Phi) is 8.44. The molecule has 0 atom stereocenters. The number of rotatable bonds is 11. The molecule has 0 radical (unpaired) electrons. The topological polar surface area (TPSA) is 94.2 Å². The number of carbonyl (C=O) groups excluding carboxylic acids is 1. The van der Waals surface area contributed by atoms with Crippen molar-refractivity contribution in [2.75, 3.05) is 51.9 Å². The minimum Gasteiger partial charge on any atom is -0.495 e. The summed E-state index contributed by atoms with van der Waals surface area (Å²) in [6, 6.07) is 12.6. The second kappa shape index (κ2) is 10.8. The van der Waals surface area contributed by atoms with Crippen LogP contribution in [0.1, 0.15) is 10.4 Å². The number of hydrogen-bond acceptors (Lipinski definition) is 6. The molecule has 0 aliphatic rings. The van der Waals surface area contributed by atoms with Gasteiger partial charge in [0.15, 0.2) is 0 Å². The van der Waals surface area contributed by atoms with Crippen molar-refractivity contribution in [2.45, 2.75) is 4.90 Å². The Balaban J connectivity index is 2.03. The molecule has 158 valence electrons. The summed E-state index contributed by atoms with van der Waals surface area (Å²) in [5.74, 6) is 0.143. The second-order valence-corrected chi connectivity index (χ2v) is 8.00. The molecular weight excluding hydrogens is 396 g/mol. The molecule has 0 aliphatic carbocycles. The zero-order valence-corrected chi connectivity index (χ0v) is 17.6. The number of nitrogens with zero attached hydrogens (tertiary/aromatic N) is 1. The van der Waals surface area contributed by atoms with Crippen LogP contribution < -0.4 is 14.4 Å². The number of carbonyl (C=O) groups is 1. The van der Waals surface area contributed by atoms with Crippen LogP contribution >= 0.6 is 0 Å². The lowest BCUT2D eigenvalue weighted by atomic mass is 10.2. The molecular formula is C20H26N2O6S. The first-order chi connectivity index (χ1) is 13.9.